The lowest BCUT2D eigenvalue weighted by molar-refractivity contribution is -0.119. The van der Waals surface area contributed by atoms with Gasteiger partial charge in [-0.15, -0.1) is 0 Å². The van der Waals surface area contributed by atoms with Crippen LogP contribution in [0.2, 0.25) is 0 Å². The van der Waals surface area contributed by atoms with Crippen molar-refractivity contribution in [2.24, 2.45) is 5.73 Å². The molecule has 0 fully saturated rings. The van der Waals surface area contributed by atoms with E-state index in [2.05, 4.69) is 10.6 Å². The van der Waals surface area contributed by atoms with Crippen LogP contribution < -0.4 is 16.4 Å². The van der Waals surface area contributed by atoms with E-state index in [1.54, 1.807) is 0 Å². The Balaban J connectivity index is 2.95. The number of nitrogens with two attached hydrogens (primary N) is 1. The van der Waals surface area contributed by atoms with Crippen molar-refractivity contribution < 1.29 is 4.79 Å². The van der Waals surface area contributed by atoms with E-state index in [9.17, 15) is 4.79 Å². The van der Waals surface area contributed by atoms with E-state index in [0.717, 1.165) is 19.5 Å². The van der Waals surface area contributed by atoms with Gasteiger partial charge in [-0.25, -0.2) is 0 Å². The Bertz CT molecular complexity index is 151. The van der Waals surface area contributed by atoms with Gasteiger partial charge in [0.25, 0.3) is 0 Å². The predicted molar refractivity (Wildman–Crippen MR) is 63.7 cm³/mol. The van der Waals surface area contributed by atoms with Gasteiger partial charge in [0.2, 0.25) is 5.91 Å². The van der Waals surface area contributed by atoms with Gasteiger partial charge in [0, 0.05) is 6.54 Å². The lowest BCUT2D eigenvalue weighted by Gasteiger charge is -2.03. The molecule has 0 bridgehead atoms. The zero-order valence-corrected chi connectivity index (χ0v) is 9.85. The van der Waals surface area contributed by atoms with E-state index in [1.807, 2.05) is 7.05 Å². The molecule has 0 radical (unpaired) electrons. The summed E-state index contributed by atoms with van der Waals surface area (Å²) in [6.45, 7) is 1.99. The lowest BCUT2D eigenvalue weighted by atomic mass is 10.1. The maximum atomic E-state index is 10.8. The summed E-state index contributed by atoms with van der Waals surface area (Å²) in [5.41, 5.74) is 5.16. The lowest BCUT2D eigenvalue weighted by Crippen LogP contribution is -2.30. The minimum absolute atomic E-state index is 0.0518. The van der Waals surface area contributed by atoms with Gasteiger partial charge in [0.05, 0.1) is 6.54 Å². The molecule has 0 rings (SSSR count). The fraction of sp³-hybridized carbons (Fsp3) is 0.909. The second kappa shape index (κ2) is 11.5. The van der Waals surface area contributed by atoms with Crippen LogP contribution in [0.4, 0.5) is 0 Å². The topological polar surface area (TPSA) is 67.1 Å². The van der Waals surface area contributed by atoms with Gasteiger partial charge in [-0.2, -0.15) is 0 Å². The molecule has 0 aromatic rings. The van der Waals surface area contributed by atoms with E-state index in [1.165, 1.54) is 32.1 Å². The van der Waals surface area contributed by atoms with Crippen LogP contribution in [0, 0.1) is 0 Å². The van der Waals surface area contributed by atoms with Crippen molar-refractivity contribution in [3.8, 4) is 0 Å². The van der Waals surface area contributed by atoms with Crippen LogP contribution in [0.1, 0.15) is 38.5 Å². The number of nitrogens with one attached hydrogen (secondary N) is 2. The number of rotatable bonds is 10. The van der Waals surface area contributed by atoms with Gasteiger partial charge < -0.3 is 16.4 Å². The third kappa shape index (κ3) is 11.3. The Morgan fingerprint density at radius 1 is 1.00 bits per heavy atom. The fourth-order valence-corrected chi connectivity index (χ4v) is 1.43. The van der Waals surface area contributed by atoms with E-state index >= 15 is 0 Å². The minimum atomic E-state index is -0.0518. The molecule has 0 aliphatic carbocycles. The van der Waals surface area contributed by atoms with E-state index in [4.69, 9.17) is 5.73 Å². The molecule has 0 heterocycles. The number of hydrogen-bond donors (Lipinski definition) is 3. The molecule has 15 heavy (non-hydrogen) atoms. The molecule has 0 saturated heterocycles. The Morgan fingerprint density at radius 3 is 2.07 bits per heavy atom. The number of carbonyl (C=O) groups is 1. The molecule has 0 spiro atoms. The summed E-state index contributed by atoms with van der Waals surface area (Å²) in [7, 11) is 1.99. The van der Waals surface area contributed by atoms with Crippen molar-refractivity contribution in [1.29, 1.82) is 0 Å². The molecule has 0 aliphatic rings. The highest BCUT2D eigenvalue weighted by molar-refractivity contribution is 5.77. The zero-order valence-electron chi connectivity index (χ0n) is 9.85. The Labute approximate surface area is 93.0 Å². The first-order chi connectivity index (χ1) is 7.31. The average Bonchev–Trinajstić information content (AvgIpc) is 2.26. The molecule has 0 aliphatic heterocycles. The number of unbranched alkanes of at least 4 members (excludes halogenated alkanes) is 5. The molecule has 0 saturated carbocycles. The largest absolute Gasteiger partial charge is 0.355 e. The molecule has 1 amide bonds. The quantitative estimate of drug-likeness (QED) is 0.468. The summed E-state index contributed by atoms with van der Waals surface area (Å²) in [6.07, 6.45) is 7.40. The highest BCUT2D eigenvalue weighted by atomic mass is 16.1. The third-order valence-electron chi connectivity index (χ3n) is 2.36. The minimum Gasteiger partial charge on any atom is -0.355 e. The normalized spacial score (nSPS) is 10.3. The predicted octanol–water partition coefficient (Wildman–Crippen LogP) is 0.621. The van der Waals surface area contributed by atoms with Crippen LogP contribution in [0.3, 0.4) is 0 Å². The SMILES string of the molecule is CNCCCCCCCCNC(=O)CN. The third-order valence-corrected chi connectivity index (χ3v) is 2.36. The Kier molecular flexibility index (Phi) is 11.0. The maximum absolute atomic E-state index is 10.8. The van der Waals surface area contributed by atoms with Gasteiger partial charge >= 0.3 is 0 Å². The van der Waals surface area contributed by atoms with Crippen LogP contribution in [0.15, 0.2) is 0 Å². The van der Waals surface area contributed by atoms with Crippen LogP contribution in [0.5, 0.6) is 0 Å². The number of amides is 1. The Morgan fingerprint density at radius 2 is 1.53 bits per heavy atom. The highest BCUT2D eigenvalue weighted by Crippen LogP contribution is 2.04. The van der Waals surface area contributed by atoms with Gasteiger partial charge in [-0.1, -0.05) is 25.7 Å². The fourth-order valence-electron chi connectivity index (χ4n) is 1.43. The summed E-state index contributed by atoms with van der Waals surface area (Å²) in [6, 6.07) is 0. The summed E-state index contributed by atoms with van der Waals surface area (Å²) in [5.74, 6) is -0.0518. The van der Waals surface area contributed by atoms with Crippen molar-refractivity contribution in [2.75, 3.05) is 26.7 Å². The molecule has 4 heteroatoms. The standard InChI is InChI=1S/C11H25N3O/c1-13-8-6-4-2-3-5-7-9-14-11(15)10-12/h13H,2-10,12H2,1H3,(H,14,15). The smallest absolute Gasteiger partial charge is 0.233 e. The van der Waals surface area contributed by atoms with Crippen molar-refractivity contribution >= 4 is 5.91 Å². The van der Waals surface area contributed by atoms with Crippen molar-refractivity contribution in [3.63, 3.8) is 0 Å². The molecular weight excluding hydrogens is 190 g/mol. The van der Waals surface area contributed by atoms with Gasteiger partial charge in [0.15, 0.2) is 0 Å². The second-order valence-corrected chi connectivity index (χ2v) is 3.78. The summed E-state index contributed by atoms with van der Waals surface area (Å²) < 4.78 is 0. The Hall–Kier alpha value is -0.610. The monoisotopic (exact) mass is 215 g/mol. The molecule has 4 nitrogen and oxygen atoms in total. The van der Waals surface area contributed by atoms with Crippen molar-refractivity contribution in [3.05, 3.63) is 0 Å². The number of carbonyl (C=O) groups excluding carboxylic acids is 1. The van der Waals surface area contributed by atoms with Crippen LogP contribution in [-0.4, -0.2) is 32.6 Å². The first-order valence-corrected chi connectivity index (χ1v) is 5.92. The van der Waals surface area contributed by atoms with Gasteiger partial charge in [-0.3, -0.25) is 4.79 Å². The van der Waals surface area contributed by atoms with Crippen molar-refractivity contribution in [2.45, 2.75) is 38.5 Å². The van der Waals surface area contributed by atoms with Crippen LogP contribution >= 0.6 is 0 Å². The first-order valence-electron chi connectivity index (χ1n) is 5.92. The molecule has 0 aromatic heterocycles. The number of hydrogen-bond acceptors (Lipinski definition) is 3. The summed E-state index contributed by atoms with van der Waals surface area (Å²) >= 11 is 0. The van der Waals surface area contributed by atoms with E-state index in [-0.39, 0.29) is 12.5 Å². The zero-order chi connectivity index (χ0) is 11.4. The molecule has 90 valence electrons. The van der Waals surface area contributed by atoms with Crippen LogP contribution in [0.25, 0.3) is 0 Å². The molecule has 0 aromatic carbocycles. The van der Waals surface area contributed by atoms with E-state index < -0.39 is 0 Å². The first kappa shape index (κ1) is 14.4. The molecule has 0 atom stereocenters. The van der Waals surface area contributed by atoms with Gasteiger partial charge in [0.1, 0.15) is 0 Å². The second-order valence-electron chi connectivity index (χ2n) is 3.78. The molecular formula is C11H25N3O. The highest BCUT2D eigenvalue weighted by Gasteiger charge is 1.95. The van der Waals surface area contributed by atoms with E-state index in [0.29, 0.717) is 0 Å². The van der Waals surface area contributed by atoms with Crippen molar-refractivity contribution in [1.82, 2.24) is 10.6 Å². The van der Waals surface area contributed by atoms with Gasteiger partial charge in [-0.05, 0) is 26.4 Å². The molecule has 4 N–H and O–H groups in total. The summed E-state index contributed by atoms with van der Waals surface area (Å²) in [4.78, 5) is 10.8. The maximum Gasteiger partial charge on any atom is 0.233 e. The summed E-state index contributed by atoms with van der Waals surface area (Å²) in [5, 5.41) is 5.91. The average molecular weight is 215 g/mol. The molecule has 0 unspecified atom stereocenters. The van der Waals surface area contributed by atoms with Crippen LogP contribution in [-0.2, 0) is 4.79 Å².